The SMILES string of the molecule is CC(=CC(O)C(Br)(Br)Br)CC(C)(C)C. The van der Waals surface area contributed by atoms with Crippen LogP contribution in [-0.2, 0) is 0 Å². The van der Waals surface area contributed by atoms with Gasteiger partial charge >= 0.3 is 0 Å². The van der Waals surface area contributed by atoms with Crippen molar-refractivity contribution in [2.45, 2.75) is 42.4 Å². The number of aliphatic hydroxyl groups is 1. The first-order valence-corrected chi connectivity index (χ1v) is 6.82. The molecule has 4 heteroatoms. The molecule has 0 bridgehead atoms. The zero-order valence-corrected chi connectivity index (χ0v) is 13.7. The molecular formula is C10H17Br3O. The molecule has 0 aliphatic rings. The average molecular weight is 393 g/mol. The van der Waals surface area contributed by atoms with E-state index in [1.165, 1.54) is 5.57 Å². The highest BCUT2D eigenvalue weighted by Gasteiger charge is 2.27. The monoisotopic (exact) mass is 390 g/mol. The molecule has 0 heterocycles. The number of rotatable bonds is 2. The number of hydrogen-bond donors (Lipinski definition) is 1. The van der Waals surface area contributed by atoms with Gasteiger partial charge in [-0.25, -0.2) is 0 Å². The van der Waals surface area contributed by atoms with Crippen LogP contribution in [-0.4, -0.2) is 13.4 Å². The van der Waals surface area contributed by atoms with E-state index < -0.39 is 8.25 Å². The van der Waals surface area contributed by atoms with Gasteiger partial charge in [-0.2, -0.15) is 0 Å². The molecule has 0 radical (unpaired) electrons. The molecule has 84 valence electrons. The molecule has 0 rings (SSSR count). The van der Waals surface area contributed by atoms with Crippen molar-refractivity contribution >= 4 is 47.8 Å². The lowest BCUT2D eigenvalue weighted by Gasteiger charge is -2.21. The average Bonchev–Trinajstić information content (AvgIpc) is 1.79. The summed E-state index contributed by atoms with van der Waals surface area (Å²) in [5, 5.41) is 9.74. The van der Waals surface area contributed by atoms with Crippen LogP contribution in [0, 0.1) is 5.41 Å². The predicted octanol–water partition coefficient (Wildman–Crippen LogP) is 4.57. The molecule has 14 heavy (non-hydrogen) atoms. The normalized spacial score (nSPS) is 17.0. The second-order valence-corrected chi connectivity index (χ2v) is 11.7. The van der Waals surface area contributed by atoms with E-state index >= 15 is 0 Å². The number of halogens is 3. The van der Waals surface area contributed by atoms with Crippen LogP contribution in [0.3, 0.4) is 0 Å². The van der Waals surface area contributed by atoms with Crippen molar-refractivity contribution in [2.24, 2.45) is 5.41 Å². The van der Waals surface area contributed by atoms with Gasteiger partial charge in [0.15, 0.2) is 2.14 Å². The van der Waals surface area contributed by atoms with Gasteiger partial charge in [0.05, 0.1) is 0 Å². The summed E-state index contributed by atoms with van der Waals surface area (Å²) in [6, 6.07) is 0. The van der Waals surface area contributed by atoms with Gasteiger partial charge in [-0.15, -0.1) is 0 Å². The minimum absolute atomic E-state index is 0.258. The Morgan fingerprint density at radius 3 is 2.00 bits per heavy atom. The lowest BCUT2D eigenvalue weighted by Crippen LogP contribution is -2.21. The summed E-state index contributed by atoms with van der Waals surface area (Å²) in [6.07, 6.45) is 2.24. The standard InChI is InChI=1S/C10H17Br3O/c1-7(6-9(2,3)4)5-8(14)10(11,12)13/h5,8,14H,6H2,1-4H3. The molecular weight excluding hydrogens is 376 g/mol. The summed E-state index contributed by atoms with van der Waals surface area (Å²) >= 11 is 9.87. The number of allylic oxidation sites excluding steroid dienone is 1. The molecule has 1 nitrogen and oxygen atoms in total. The van der Waals surface area contributed by atoms with E-state index in [0.29, 0.717) is 0 Å². The maximum atomic E-state index is 9.74. The van der Waals surface area contributed by atoms with E-state index in [9.17, 15) is 5.11 Å². The van der Waals surface area contributed by atoms with Crippen molar-refractivity contribution in [1.82, 2.24) is 0 Å². The Balaban J connectivity index is 4.39. The summed E-state index contributed by atoms with van der Waals surface area (Å²) in [5.74, 6) is 0. The predicted molar refractivity (Wildman–Crippen MR) is 73.3 cm³/mol. The first-order valence-electron chi connectivity index (χ1n) is 4.44. The second-order valence-electron chi connectivity index (χ2n) is 4.74. The number of aliphatic hydroxyl groups excluding tert-OH is 1. The lowest BCUT2D eigenvalue weighted by atomic mass is 9.88. The fourth-order valence-electron chi connectivity index (χ4n) is 1.26. The van der Waals surface area contributed by atoms with Crippen molar-refractivity contribution in [2.75, 3.05) is 0 Å². The minimum Gasteiger partial charge on any atom is -0.386 e. The summed E-state index contributed by atoms with van der Waals surface area (Å²) in [4.78, 5) is 0. The van der Waals surface area contributed by atoms with Gasteiger partial charge in [-0.05, 0) is 18.8 Å². The van der Waals surface area contributed by atoms with Gasteiger partial charge in [-0.3, -0.25) is 0 Å². The largest absolute Gasteiger partial charge is 0.386 e. The molecule has 1 unspecified atom stereocenters. The van der Waals surface area contributed by atoms with Crippen LogP contribution in [0.4, 0.5) is 0 Å². The first-order chi connectivity index (χ1) is 6.02. The second kappa shape index (κ2) is 5.46. The summed E-state index contributed by atoms with van der Waals surface area (Å²) in [7, 11) is 0. The maximum absolute atomic E-state index is 9.74. The molecule has 0 aliphatic carbocycles. The van der Waals surface area contributed by atoms with E-state index in [0.717, 1.165) is 6.42 Å². The molecule has 0 fully saturated rings. The van der Waals surface area contributed by atoms with E-state index in [4.69, 9.17) is 0 Å². The highest BCUT2D eigenvalue weighted by molar-refractivity contribution is 9.39. The van der Waals surface area contributed by atoms with Gasteiger partial charge in [0.2, 0.25) is 0 Å². The van der Waals surface area contributed by atoms with Gasteiger partial charge in [-0.1, -0.05) is 80.2 Å². The smallest absolute Gasteiger partial charge is 0.164 e. The zero-order chi connectivity index (χ0) is 11.6. The van der Waals surface area contributed by atoms with Crippen LogP contribution < -0.4 is 0 Å². The van der Waals surface area contributed by atoms with Crippen LogP contribution in [0.1, 0.15) is 34.1 Å². The Morgan fingerprint density at radius 2 is 1.71 bits per heavy atom. The van der Waals surface area contributed by atoms with E-state index in [1.807, 2.05) is 13.0 Å². The Kier molecular flexibility index (Phi) is 5.91. The van der Waals surface area contributed by atoms with Gasteiger partial charge in [0, 0.05) is 0 Å². The fraction of sp³-hybridized carbons (Fsp3) is 0.800. The minimum atomic E-state index is -0.619. The molecule has 1 N–H and O–H groups in total. The van der Waals surface area contributed by atoms with Gasteiger partial charge in [0.25, 0.3) is 0 Å². The lowest BCUT2D eigenvalue weighted by molar-refractivity contribution is 0.236. The molecule has 0 aromatic rings. The summed E-state index contributed by atoms with van der Waals surface area (Å²) < 4.78 is -0.619. The molecule has 0 saturated carbocycles. The summed E-state index contributed by atoms with van der Waals surface area (Å²) in [6.45, 7) is 8.58. The van der Waals surface area contributed by atoms with Crippen molar-refractivity contribution in [3.05, 3.63) is 11.6 Å². The fourth-order valence-corrected chi connectivity index (χ4v) is 1.66. The van der Waals surface area contributed by atoms with Crippen LogP contribution in [0.15, 0.2) is 11.6 Å². The number of hydrogen-bond acceptors (Lipinski definition) is 1. The Labute approximate surface area is 112 Å². The highest BCUT2D eigenvalue weighted by Crippen LogP contribution is 2.38. The first kappa shape index (κ1) is 15.1. The Hall–Kier alpha value is 1.14. The van der Waals surface area contributed by atoms with E-state index in [2.05, 4.69) is 68.6 Å². The van der Waals surface area contributed by atoms with Crippen molar-refractivity contribution in [3.63, 3.8) is 0 Å². The van der Waals surface area contributed by atoms with Crippen molar-refractivity contribution < 1.29 is 5.11 Å². The molecule has 0 aromatic carbocycles. The van der Waals surface area contributed by atoms with Gasteiger partial charge < -0.3 is 5.11 Å². The highest BCUT2D eigenvalue weighted by atomic mass is 80.0. The molecule has 0 aromatic heterocycles. The maximum Gasteiger partial charge on any atom is 0.164 e. The Morgan fingerprint density at radius 1 is 1.29 bits per heavy atom. The molecule has 0 spiro atoms. The van der Waals surface area contributed by atoms with Crippen LogP contribution >= 0.6 is 47.8 Å². The quantitative estimate of drug-likeness (QED) is 0.539. The van der Waals surface area contributed by atoms with Gasteiger partial charge in [0.1, 0.15) is 6.10 Å². The van der Waals surface area contributed by atoms with Crippen molar-refractivity contribution in [1.29, 1.82) is 0 Å². The van der Waals surface area contributed by atoms with E-state index in [1.54, 1.807) is 0 Å². The Bertz CT molecular complexity index is 210. The zero-order valence-electron chi connectivity index (χ0n) is 8.94. The van der Waals surface area contributed by atoms with Crippen LogP contribution in [0.5, 0.6) is 0 Å². The molecule has 0 aliphatic heterocycles. The third-order valence-corrected chi connectivity index (χ3v) is 2.99. The van der Waals surface area contributed by atoms with Crippen LogP contribution in [0.2, 0.25) is 0 Å². The summed E-state index contributed by atoms with van der Waals surface area (Å²) in [5.41, 5.74) is 1.45. The topological polar surface area (TPSA) is 20.2 Å². The van der Waals surface area contributed by atoms with Crippen LogP contribution in [0.25, 0.3) is 0 Å². The molecule has 0 saturated heterocycles. The van der Waals surface area contributed by atoms with Crippen molar-refractivity contribution in [3.8, 4) is 0 Å². The third-order valence-electron chi connectivity index (χ3n) is 1.59. The number of alkyl halides is 3. The molecule has 0 amide bonds. The molecule has 1 atom stereocenters. The third kappa shape index (κ3) is 7.43. The van der Waals surface area contributed by atoms with E-state index in [-0.39, 0.29) is 5.41 Å².